The number of hydrogen-bond donors (Lipinski definition) is 3. The molecule has 3 N–H and O–H groups in total. The third kappa shape index (κ3) is 3.79. The summed E-state index contributed by atoms with van der Waals surface area (Å²) in [6.45, 7) is 7.98. The number of H-pyrrole nitrogens is 1. The van der Waals surface area contributed by atoms with Crippen LogP contribution in [0.5, 0.6) is 0 Å². The van der Waals surface area contributed by atoms with Crippen molar-refractivity contribution in [1.82, 2.24) is 20.8 Å². The first-order chi connectivity index (χ1) is 11.1. The highest BCUT2D eigenvalue weighted by molar-refractivity contribution is 5.94. The zero-order chi connectivity index (χ0) is 16.4. The SMILES string of the molecule is CC(C)c1ccc(C(C)NC(=O)c2n[nH]c3c2CNCC3)cc1.Cl. The molecule has 1 unspecified atom stereocenters. The number of aromatic nitrogens is 2. The van der Waals surface area contributed by atoms with Crippen LogP contribution in [0.2, 0.25) is 0 Å². The number of rotatable bonds is 4. The summed E-state index contributed by atoms with van der Waals surface area (Å²) >= 11 is 0. The minimum Gasteiger partial charge on any atom is -0.344 e. The van der Waals surface area contributed by atoms with Gasteiger partial charge >= 0.3 is 0 Å². The number of fused-ring (bicyclic) bond motifs is 1. The summed E-state index contributed by atoms with van der Waals surface area (Å²) in [5, 5.41) is 13.5. The summed E-state index contributed by atoms with van der Waals surface area (Å²) in [6, 6.07) is 8.38. The van der Waals surface area contributed by atoms with Gasteiger partial charge in [0.1, 0.15) is 0 Å². The van der Waals surface area contributed by atoms with Gasteiger partial charge in [0.25, 0.3) is 5.91 Å². The molecular formula is C18H25ClN4O. The minimum absolute atomic E-state index is 0. The van der Waals surface area contributed by atoms with E-state index in [4.69, 9.17) is 0 Å². The van der Waals surface area contributed by atoms with E-state index in [9.17, 15) is 4.79 Å². The van der Waals surface area contributed by atoms with Gasteiger partial charge in [-0.05, 0) is 24.0 Å². The summed E-state index contributed by atoms with van der Waals surface area (Å²) in [5.74, 6) is 0.392. The molecule has 0 aliphatic carbocycles. The Balaban J connectivity index is 0.00000208. The van der Waals surface area contributed by atoms with Crippen LogP contribution < -0.4 is 10.6 Å². The fourth-order valence-corrected chi connectivity index (χ4v) is 2.93. The zero-order valence-corrected chi connectivity index (χ0v) is 15.2. The molecule has 3 rings (SSSR count). The molecule has 0 saturated heterocycles. The van der Waals surface area contributed by atoms with Gasteiger partial charge in [0.2, 0.25) is 0 Å². The van der Waals surface area contributed by atoms with E-state index in [-0.39, 0.29) is 24.4 Å². The molecule has 1 aliphatic heterocycles. The largest absolute Gasteiger partial charge is 0.344 e. The Bertz CT molecular complexity index is 694. The smallest absolute Gasteiger partial charge is 0.272 e. The summed E-state index contributed by atoms with van der Waals surface area (Å²) < 4.78 is 0. The number of hydrogen-bond acceptors (Lipinski definition) is 3. The van der Waals surface area contributed by atoms with Gasteiger partial charge in [-0.15, -0.1) is 12.4 Å². The second-order valence-corrected chi connectivity index (χ2v) is 6.47. The molecule has 1 aromatic carbocycles. The number of carbonyl (C=O) groups is 1. The molecule has 130 valence electrons. The van der Waals surface area contributed by atoms with E-state index in [0.717, 1.165) is 29.8 Å². The van der Waals surface area contributed by atoms with Crippen LogP contribution in [0.3, 0.4) is 0 Å². The molecule has 1 aromatic heterocycles. The Kier molecular flexibility index (Phi) is 6.02. The number of nitrogens with zero attached hydrogens (tertiary/aromatic N) is 1. The van der Waals surface area contributed by atoms with Crippen molar-refractivity contribution in [3.05, 3.63) is 52.3 Å². The summed E-state index contributed by atoms with van der Waals surface area (Å²) in [6.07, 6.45) is 0.891. The average molecular weight is 349 g/mol. The van der Waals surface area contributed by atoms with Crippen LogP contribution in [0.1, 0.15) is 65.6 Å². The minimum atomic E-state index is -0.119. The number of amides is 1. The van der Waals surface area contributed by atoms with Crippen LogP contribution in [0, 0.1) is 0 Å². The molecular weight excluding hydrogens is 324 g/mol. The Morgan fingerprint density at radius 1 is 1.17 bits per heavy atom. The lowest BCUT2D eigenvalue weighted by Gasteiger charge is -2.16. The molecule has 2 aromatic rings. The maximum absolute atomic E-state index is 12.5. The van der Waals surface area contributed by atoms with Gasteiger partial charge < -0.3 is 10.6 Å². The van der Waals surface area contributed by atoms with Gasteiger partial charge in [-0.3, -0.25) is 9.89 Å². The van der Waals surface area contributed by atoms with Crippen LogP contribution in [-0.2, 0) is 13.0 Å². The topological polar surface area (TPSA) is 69.8 Å². The molecule has 0 spiro atoms. The molecule has 1 amide bonds. The zero-order valence-electron chi connectivity index (χ0n) is 14.3. The lowest BCUT2D eigenvalue weighted by molar-refractivity contribution is 0.0933. The van der Waals surface area contributed by atoms with Gasteiger partial charge in [0.05, 0.1) is 6.04 Å². The monoisotopic (exact) mass is 348 g/mol. The van der Waals surface area contributed by atoms with E-state index in [1.54, 1.807) is 0 Å². The Morgan fingerprint density at radius 3 is 2.50 bits per heavy atom. The van der Waals surface area contributed by atoms with Crippen molar-refractivity contribution in [2.45, 2.75) is 45.7 Å². The van der Waals surface area contributed by atoms with Crippen LogP contribution in [0.25, 0.3) is 0 Å². The Labute approximate surface area is 149 Å². The van der Waals surface area contributed by atoms with E-state index >= 15 is 0 Å². The first-order valence-corrected chi connectivity index (χ1v) is 8.23. The molecule has 0 bridgehead atoms. The number of aromatic amines is 1. The molecule has 0 radical (unpaired) electrons. The first kappa shape index (κ1) is 18.5. The lowest BCUT2D eigenvalue weighted by atomic mass is 9.99. The van der Waals surface area contributed by atoms with Gasteiger partial charge in [0.15, 0.2) is 5.69 Å². The second kappa shape index (κ2) is 7.81. The quantitative estimate of drug-likeness (QED) is 0.795. The highest BCUT2D eigenvalue weighted by Gasteiger charge is 2.22. The molecule has 5 nitrogen and oxygen atoms in total. The van der Waals surface area contributed by atoms with Gasteiger partial charge in [0, 0.05) is 30.8 Å². The number of nitrogens with one attached hydrogen (secondary N) is 3. The lowest BCUT2D eigenvalue weighted by Crippen LogP contribution is -2.30. The molecule has 6 heteroatoms. The van der Waals surface area contributed by atoms with Crippen molar-refractivity contribution in [3.63, 3.8) is 0 Å². The highest BCUT2D eigenvalue weighted by Crippen LogP contribution is 2.20. The van der Waals surface area contributed by atoms with Crippen molar-refractivity contribution in [2.24, 2.45) is 0 Å². The predicted molar refractivity (Wildman–Crippen MR) is 97.7 cm³/mol. The average Bonchev–Trinajstić information content (AvgIpc) is 2.99. The first-order valence-electron chi connectivity index (χ1n) is 8.23. The third-order valence-corrected chi connectivity index (χ3v) is 4.47. The second-order valence-electron chi connectivity index (χ2n) is 6.47. The summed E-state index contributed by atoms with van der Waals surface area (Å²) in [5.41, 5.74) is 4.99. The molecule has 1 aliphatic rings. The fraction of sp³-hybridized carbons (Fsp3) is 0.444. The Hall–Kier alpha value is -1.85. The normalized spacial score (nSPS) is 14.7. The van der Waals surface area contributed by atoms with Gasteiger partial charge in [-0.25, -0.2) is 0 Å². The van der Waals surface area contributed by atoms with Crippen molar-refractivity contribution in [3.8, 4) is 0 Å². The van der Waals surface area contributed by atoms with Crippen molar-refractivity contribution in [2.75, 3.05) is 6.54 Å². The van der Waals surface area contributed by atoms with E-state index in [1.165, 1.54) is 5.56 Å². The Morgan fingerprint density at radius 2 is 1.83 bits per heavy atom. The highest BCUT2D eigenvalue weighted by atomic mass is 35.5. The van der Waals surface area contributed by atoms with Crippen LogP contribution >= 0.6 is 12.4 Å². The maximum Gasteiger partial charge on any atom is 0.272 e. The maximum atomic E-state index is 12.5. The summed E-state index contributed by atoms with van der Waals surface area (Å²) in [4.78, 5) is 12.5. The third-order valence-electron chi connectivity index (χ3n) is 4.47. The number of carbonyl (C=O) groups excluding carboxylic acids is 1. The molecule has 24 heavy (non-hydrogen) atoms. The molecule has 2 heterocycles. The molecule has 0 saturated carbocycles. The summed E-state index contributed by atoms with van der Waals surface area (Å²) in [7, 11) is 0. The van der Waals surface area contributed by atoms with Crippen LogP contribution in [0.4, 0.5) is 0 Å². The predicted octanol–water partition coefficient (Wildman–Crippen LogP) is 3.09. The number of halogens is 1. The van der Waals surface area contributed by atoms with E-state index in [0.29, 0.717) is 18.2 Å². The van der Waals surface area contributed by atoms with E-state index in [1.807, 2.05) is 6.92 Å². The molecule has 0 fully saturated rings. The number of benzene rings is 1. The van der Waals surface area contributed by atoms with Crippen LogP contribution in [-0.4, -0.2) is 22.6 Å². The standard InChI is InChI=1S/C18H24N4O.ClH/c1-11(2)13-4-6-14(7-5-13)12(3)20-18(23)17-15-10-19-9-8-16(15)21-22-17;/h4-7,11-12,19H,8-10H2,1-3H3,(H,20,23)(H,21,22);1H. The van der Waals surface area contributed by atoms with Crippen molar-refractivity contribution < 1.29 is 4.79 Å². The van der Waals surface area contributed by atoms with Crippen LogP contribution in [0.15, 0.2) is 24.3 Å². The van der Waals surface area contributed by atoms with E-state index < -0.39 is 0 Å². The van der Waals surface area contributed by atoms with E-state index in [2.05, 4.69) is 58.9 Å². The van der Waals surface area contributed by atoms with Gasteiger partial charge in [-0.2, -0.15) is 5.10 Å². The fourth-order valence-electron chi connectivity index (χ4n) is 2.93. The van der Waals surface area contributed by atoms with Gasteiger partial charge in [-0.1, -0.05) is 38.1 Å². The van der Waals surface area contributed by atoms with Crippen molar-refractivity contribution in [1.29, 1.82) is 0 Å². The molecule has 1 atom stereocenters. The van der Waals surface area contributed by atoms with Crippen molar-refractivity contribution >= 4 is 18.3 Å².